The lowest BCUT2D eigenvalue weighted by Gasteiger charge is -2.07. The molecule has 0 aliphatic heterocycles. The van der Waals surface area contributed by atoms with Crippen LogP contribution in [0.3, 0.4) is 0 Å². The number of nitrogens with two attached hydrogens (primary N) is 2. The number of hydrogen-bond acceptors (Lipinski definition) is 6. The third-order valence-corrected chi connectivity index (χ3v) is 2.28. The first-order chi connectivity index (χ1) is 8.56. The molecule has 1 amide bonds. The van der Waals surface area contributed by atoms with E-state index in [1.165, 1.54) is 12.3 Å². The summed E-state index contributed by atoms with van der Waals surface area (Å²) in [6.07, 6.45) is 1.44. The van der Waals surface area contributed by atoms with E-state index in [1.54, 1.807) is 6.07 Å². The number of amides is 1. The first kappa shape index (κ1) is 11.9. The van der Waals surface area contributed by atoms with Gasteiger partial charge in [-0.15, -0.1) is 0 Å². The Hall–Kier alpha value is -2.57. The normalized spacial score (nSPS) is 10.3. The molecule has 94 valence electrons. The molecule has 0 spiro atoms. The molecule has 0 aliphatic rings. The number of rotatable bonds is 4. The van der Waals surface area contributed by atoms with E-state index in [1.807, 2.05) is 6.92 Å². The van der Waals surface area contributed by atoms with Gasteiger partial charge in [0.15, 0.2) is 5.76 Å². The van der Waals surface area contributed by atoms with Gasteiger partial charge < -0.3 is 21.3 Å². The van der Waals surface area contributed by atoms with E-state index in [2.05, 4.69) is 15.5 Å². The summed E-state index contributed by atoms with van der Waals surface area (Å²) in [5.74, 6) is 0.415. The van der Waals surface area contributed by atoms with Crippen LogP contribution in [0.4, 0.5) is 11.5 Å². The van der Waals surface area contributed by atoms with E-state index in [0.717, 1.165) is 5.69 Å². The fraction of sp³-hybridized carbons (Fsp3) is 0.182. The van der Waals surface area contributed by atoms with Crippen LogP contribution in [0.5, 0.6) is 0 Å². The maximum absolute atomic E-state index is 11.2. The minimum atomic E-state index is -0.592. The smallest absolute Gasteiger partial charge is 0.252 e. The second kappa shape index (κ2) is 4.74. The number of carbonyl (C=O) groups is 1. The molecule has 7 heteroatoms. The number of pyridine rings is 1. The summed E-state index contributed by atoms with van der Waals surface area (Å²) in [6.45, 7) is 2.18. The number of aromatic nitrogens is 2. The number of nitrogens with one attached hydrogen (secondary N) is 1. The highest BCUT2D eigenvalue weighted by Gasteiger charge is 2.10. The number of hydrogen-bond donors (Lipinski definition) is 3. The molecule has 18 heavy (non-hydrogen) atoms. The third kappa shape index (κ3) is 2.57. The quantitative estimate of drug-likeness (QED) is 0.730. The lowest BCUT2D eigenvalue weighted by molar-refractivity contribution is 0.100. The SMILES string of the molecule is Cc1cc(CNc2ncc(N)cc2C(N)=O)on1. The molecule has 7 nitrogen and oxygen atoms in total. The van der Waals surface area contributed by atoms with Crippen LogP contribution in [0.15, 0.2) is 22.9 Å². The zero-order valence-corrected chi connectivity index (χ0v) is 9.80. The molecule has 2 aromatic heterocycles. The molecular formula is C11H13N5O2. The molecule has 0 radical (unpaired) electrons. The van der Waals surface area contributed by atoms with Gasteiger partial charge in [-0.3, -0.25) is 4.79 Å². The molecule has 0 atom stereocenters. The summed E-state index contributed by atoms with van der Waals surface area (Å²) < 4.78 is 5.03. The molecule has 0 bridgehead atoms. The topological polar surface area (TPSA) is 120 Å². The van der Waals surface area contributed by atoms with Crippen LogP contribution >= 0.6 is 0 Å². The molecule has 0 unspecified atom stereocenters. The first-order valence-corrected chi connectivity index (χ1v) is 5.27. The van der Waals surface area contributed by atoms with Crippen LogP contribution in [0.1, 0.15) is 21.8 Å². The number of anilines is 2. The largest absolute Gasteiger partial charge is 0.397 e. The van der Waals surface area contributed by atoms with Crippen LogP contribution in [-0.4, -0.2) is 16.0 Å². The van der Waals surface area contributed by atoms with Crippen molar-refractivity contribution in [1.82, 2.24) is 10.1 Å². The van der Waals surface area contributed by atoms with Crippen LogP contribution < -0.4 is 16.8 Å². The number of carbonyl (C=O) groups excluding carboxylic acids is 1. The number of nitrogen functional groups attached to an aromatic ring is 1. The molecule has 2 rings (SSSR count). The summed E-state index contributed by atoms with van der Waals surface area (Å²) in [6, 6.07) is 3.26. The van der Waals surface area contributed by atoms with Gasteiger partial charge in [0, 0.05) is 6.07 Å². The number of aryl methyl sites for hydroxylation is 1. The van der Waals surface area contributed by atoms with Crippen molar-refractivity contribution >= 4 is 17.4 Å². The molecule has 0 aromatic carbocycles. The van der Waals surface area contributed by atoms with Crippen molar-refractivity contribution in [3.8, 4) is 0 Å². The van der Waals surface area contributed by atoms with Gasteiger partial charge in [0.2, 0.25) is 0 Å². The monoisotopic (exact) mass is 247 g/mol. The van der Waals surface area contributed by atoms with Crippen molar-refractivity contribution < 1.29 is 9.32 Å². The highest BCUT2D eigenvalue weighted by molar-refractivity contribution is 5.98. The van der Waals surface area contributed by atoms with E-state index in [4.69, 9.17) is 16.0 Å². The molecule has 2 aromatic rings. The summed E-state index contributed by atoms with van der Waals surface area (Å²) in [7, 11) is 0. The van der Waals surface area contributed by atoms with E-state index in [-0.39, 0.29) is 5.56 Å². The average Bonchev–Trinajstić information content (AvgIpc) is 2.73. The first-order valence-electron chi connectivity index (χ1n) is 5.27. The van der Waals surface area contributed by atoms with Gasteiger partial charge in [0.05, 0.1) is 29.7 Å². The lowest BCUT2D eigenvalue weighted by atomic mass is 10.2. The van der Waals surface area contributed by atoms with Crippen LogP contribution in [-0.2, 0) is 6.54 Å². The predicted octanol–water partition coefficient (Wildman–Crippen LogP) is 0.671. The molecule has 0 saturated heterocycles. The molecule has 2 heterocycles. The standard InChI is InChI=1S/C11H13N5O2/c1-6-2-8(18-16-6)5-15-11-9(10(13)17)3-7(12)4-14-11/h2-4H,5,12H2,1H3,(H2,13,17)(H,14,15). The minimum absolute atomic E-state index is 0.242. The van der Waals surface area contributed by atoms with Crippen molar-refractivity contribution in [1.29, 1.82) is 0 Å². The molecule has 0 saturated carbocycles. The predicted molar refractivity (Wildman–Crippen MR) is 65.7 cm³/mol. The van der Waals surface area contributed by atoms with Gasteiger partial charge in [-0.05, 0) is 13.0 Å². The highest BCUT2D eigenvalue weighted by Crippen LogP contribution is 2.16. The van der Waals surface area contributed by atoms with Crippen LogP contribution in [0, 0.1) is 6.92 Å². The Balaban J connectivity index is 2.16. The number of nitrogens with zero attached hydrogens (tertiary/aromatic N) is 2. The van der Waals surface area contributed by atoms with Crippen molar-refractivity contribution in [3.63, 3.8) is 0 Å². The van der Waals surface area contributed by atoms with Gasteiger partial charge in [-0.1, -0.05) is 5.16 Å². The third-order valence-electron chi connectivity index (χ3n) is 2.28. The molecule has 0 fully saturated rings. The lowest BCUT2D eigenvalue weighted by Crippen LogP contribution is -2.16. The van der Waals surface area contributed by atoms with E-state index in [9.17, 15) is 4.79 Å². The fourth-order valence-electron chi connectivity index (χ4n) is 1.48. The van der Waals surface area contributed by atoms with E-state index >= 15 is 0 Å². The van der Waals surface area contributed by atoms with Crippen molar-refractivity contribution in [2.75, 3.05) is 11.1 Å². The van der Waals surface area contributed by atoms with Crippen molar-refractivity contribution in [2.45, 2.75) is 13.5 Å². The second-order valence-corrected chi connectivity index (χ2v) is 3.82. The fourth-order valence-corrected chi connectivity index (χ4v) is 1.48. The van der Waals surface area contributed by atoms with Crippen LogP contribution in [0.25, 0.3) is 0 Å². The Labute approximate surface area is 103 Å². The summed E-state index contributed by atoms with van der Waals surface area (Å²) in [5.41, 5.74) is 12.2. The minimum Gasteiger partial charge on any atom is -0.397 e. The summed E-state index contributed by atoms with van der Waals surface area (Å²) in [5, 5.41) is 6.70. The van der Waals surface area contributed by atoms with Gasteiger partial charge >= 0.3 is 0 Å². The van der Waals surface area contributed by atoms with Gasteiger partial charge in [0.25, 0.3) is 5.91 Å². The molecule has 5 N–H and O–H groups in total. The van der Waals surface area contributed by atoms with Gasteiger partial charge in [-0.2, -0.15) is 0 Å². The van der Waals surface area contributed by atoms with Crippen molar-refractivity contribution in [3.05, 3.63) is 35.3 Å². The zero-order chi connectivity index (χ0) is 13.1. The Bertz CT molecular complexity index is 579. The molecular weight excluding hydrogens is 234 g/mol. The van der Waals surface area contributed by atoms with Crippen LogP contribution in [0.2, 0.25) is 0 Å². The van der Waals surface area contributed by atoms with Gasteiger partial charge in [-0.25, -0.2) is 4.98 Å². The Morgan fingerprint density at radius 1 is 1.50 bits per heavy atom. The van der Waals surface area contributed by atoms with E-state index in [0.29, 0.717) is 23.8 Å². The highest BCUT2D eigenvalue weighted by atomic mass is 16.5. The van der Waals surface area contributed by atoms with Crippen molar-refractivity contribution in [2.24, 2.45) is 5.73 Å². The number of primary amides is 1. The van der Waals surface area contributed by atoms with Gasteiger partial charge in [0.1, 0.15) is 5.82 Å². The second-order valence-electron chi connectivity index (χ2n) is 3.82. The molecule has 0 aliphatic carbocycles. The average molecular weight is 247 g/mol. The maximum atomic E-state index is 11.2. The zero-order valence-electron chi connectivity index (χ0n) is 9.80. The summed E-state index contributed by atoms with van der Waals surface area (Å²) >= 11 is 0. The van der Waals surface area contributed by atoms with E-state index < -0.39 is 5.91 Å². The Kier molecular flexibility index (Phi) is 3.13. The Morgan fingerprint density at radius 3 is 2.89 bits per heavy atom. The summed E-state index contributed by atoms with van der Waals surface area (Å²) in [4.78, 5) is 15.3. The Morgan fingerprint density at radius 2 is 2.28 bits per heavy atom. The maximum Gasteiger partial charge on any atom is 0.252 e.